The van der Waals surface area contributed by atoms with E-state index in [9.17, 15) is 28.1 Å². The molecular weight excluding hydrogens is 440 g/mol. The van der Waals surface area contributed by atoms with Gasteiger partial charge < -0.3 is 15.0 Å². The van der Waals surface area contributed by atoms with Gasteiger partial charge in [0.25, 0.3) is 21.6 Å². The minimum absolute atomic E-state index is 0.172. The molecule has 1 atom stereocenters. The first-order chi connectivity index (χ1) is 15.2. The van der Waals surface area contributed by atoms with Gasteiger partial charge in [-0.05, 0) is 37.3 Å². The quantitative estimate of drug-likeness (QED) is 0.466. The average Bonchev–Trinajstić information content (AvgIpc) is 2.79. The highest BCUT2D eigenvalue weighted by Crippen LogP contribution is 2.21. The third-order valence-electron chi connectivity index (χ3n) is 4.78. The van der Waals surface area contributed by atoms with Crippen LogP contribution in [0, 0.1) is 10.1 Å². The van der Waals surface area contributed by atoms with Crippen LogP contribution in [0.25, 0.3) is 0 Å². The summed E-state index contributed by atoms with van der Waals surface area (Å²) in [6, 6.07) is 9.53. The number of nitrogens with one attached hydrogen (secondary N) is 2. The predicted molar refractivity (Wildman–Crippen MR) is 115 cm³/mol. The molecule has 0 radical (unpaired) electrons. The molecule has 2 amide bonds. The van der Waals surface area contributed by atoms with Gasteiger partial charge in [-0.15, -0.1) is 0 Å². The van der Waals surface area contributed by atoms with Crippen molar-refractivity contribution in [2.24, 2.45) is 0 Å². The smallest absolute Gasteiger partial charge is 0.270 e. The van der Waals surface area contributed by atoms with Crippen LogP contribution in [0.5, 0.6) is 0 Å². The maximum absolute atomic E-state index is 12.5. The van der Waals surface area contributed by atoms with Gasteiger partial charge in [0.2, 0.25) is 5.91 Å². The average molecular weight is 462 g/mol. The third kappa shape index (κ3) is 5.59. The summed E-state index contributed by atoms with van der Waals surface area (Å²) >= 11 is 0. The molecule has 0 saturated carbocycles. The third-order valence-corrected chi connectivity index (χ3v) is 6.16. The van der Waals surface area contributed by atoms with E-state index in [-0.39, 0.29) is 27.7 Å². The lowest BCUT2D eigenvalue weighted by Gasteiger charge is -2.29. The number of morpholine rings is 1. The van der Waals surface area contributed by atoms with Crippen molar-refractivity contribution in [3.05, 3.63) is 64.2 Å². The number of rotatable bonds is 7. The molecule has 1 aliphatic heterocycles. The molecule has 1 fully saturated rings. The van der Waals surface area contributed by atoms with Gasteiger partial charge >= 0.3 is 0 Å². The van der Waals surface area contributed by atoms with Gasteiger partial charge in [0, 0.05) is 36.5 Å². The Hall–Kier alpha value is -3.51. The first-order valence-electron chi connectivity index (χ1n) is 9.72. The van der Waals surface area contributed by atoms with Gasteiger partial charge in [0.1, 0.15) is 6.04 Å². The van der Waals surface area contributed by atoms with E-state index in [1.54, 1.807) is 11.8 Å². The molecule has 32 heavy (non-hydrogen) atoms. The van der Waals surface area contributed by atoms with Crippen LogP contribution >= 0.6 is 0 Å². The number of hydrogen-bond acceptors (Lipinski definition) is 7. The largest absolute Gasteiger partial charge is 0.378 e. The molecule has 0 aliphatic carbocycles. The Morgan fingerprint density at radius 3 is 2.41 bits per heavy atom. The highest BCUT2D eigenvalue weighted by Gasteiger charge is 2.24. The monoisotopic (exact) mass is 462 g/mol. The van der Waals surface area contributed by atoms with Crippen LogP contribution in [0.4, 0.5) is 11.4 Å². The number of anilines is 1. The number of sulfonamides is 1. The molecule has 170 valence electrons. The number of amides is 2. The van der Waals surface area contributed by atoms with Crippen molar-refractivity contribution in [2.75, 3.05) is 31.0 Å². The lowest BCUT2D eigenvalue weighted by Crippen LogP contribution is -2.50. The van der Waals surface area contributed by atoms with E-state index >= 15 is 0 Å². The topological polar surface area (TPSA) is 148 Å². The normalized spacial score (nSPS) is 15.0. The predicted octanol–water partition coefficient (Wildman–Crippen LogP) is 1.37. The number of benzene rings is 2. The van der Waals surface area contributed by atoms with Crippen molar-refractivity contribution < 1.29 is 27.7 Å². The number of ether oxygens (including phenoxy) is 1. The molecule has 11 nitrogen and oxygen atoms in total. The summed E-state index contributed by atoms with van der Waals surface area (Å²) in [4.78, 5) is 36.4. The highest BCUT2D eigenvalue weighted by molar-refractivity contribution is 7.92. The van der Waals surface area contributed by atoms with E-state index in [1.165, 1.54) is 42.5 Å². The molecule has 2 aromatic carbocycles. The number of carbonyl (C=O) groups excluding carboxylic acids is 2. The Kier molecular flexibility index (Phi) is 7.05. The number of nitro benzene ring substituents is 1. The summed E-state index contributed by atoms with van der Waals surface area (Å²) in [5.41, 5.74) is 0.0658. The standard InChI is InChI=1S/C20H22N4O7S/c1-14(20(26)23-9-11-31-12-10-23)21-19(25)15-5-7-16(8-6-15)22-32(29,30)18-4-2-3-17(13-18)24(27)28/h2-8,13-14,22H,9-12H2,1H3,(H,21,25). The van der Waals surface area contributed by atoms with Crippen molar-refractivity contribution in [3.8, 4) is 0 Å². The van der Waals surface area contributed by atoms with Crippen LogP contribution < -0.4 is 10.0 Å². The van der Waals surface area contributed by atoms with Crippen molar-refractivity contribution in [1.82, 2.24) is 10.2 Å². The van der Waals surface area contributed by atoms with Gasteiger partial charge in [0.15, 0.2) is 0 Å². The van der Waals surface area contributed by atoms with E-state index in [2.05, 4.69) is 10.0 Å². The zero-order chi connectivity index (χ0) is 23.3. The minimum Gasteiger partial charge on any atom is -0.378 e. The van der Waals surface area contributed by atoms with E-state index in [1.807, 2.05) is 0 Å². The van der Waals surface area contributed by atoms with Gasteiger partial charge in [-0.3, -0.25) is 24.4 Å². The fraction of sp³-hybridized carbons (Fsp3) is 0.300. The zero-order valence-electron chi connectivity index (χ0n) is 17.2. The maximum atomic E-state index is 12.5. The highest BCUT2D eigenvalue weighted by atomic mass is 32.2. The van der Waals surface area contributed by atoms with Crippen molar-refractivity contribution in [1.29, 1.82) is 0 Å². The second-order valence-corrected chi connectivity index (χ2v) is 8.75. The Bertz CT molecular complexity index is 1110. The molecule has 2 N–H and O–H groups in total. The molecule has 3 rings (SSSR count). The van der Waals surface area contributed by atoms with E-state index < -0.39 is 26.9 Å². The Balaban J connectivity index is 1.64. The molecule has 0 aromatic heterocycles. The summed E-state index contributed by atoms with van der Waals surface area (Å²) in [6.07, 6.45) is 0. The summed E-state index contributed by atoms with van der Waals surface area (Å²) in [6.45, 7) is 3.45. The van der Waals surface area contributed by atoms with Gasteiger partial charge in [0.05, 0.1) is 23.0 Å². The van der Waals surface area contributed by atoms with E-state index in [0.29, 0.717) is 26.3 Å². The van der Waals surface area contributed by atoms with Gasteiger partial charge in [-0.25, -0.2) is 8.42 Å². The number of nitro groups is 1. The van der Waals surface area contributed by atoms with Crippen LogP contribution in [-0.4, -0.2) is 62.4 Å². The molecule has 0 bridgehead atoms. The molecule has 1 unspecified atom stereocenters. The van der Waals surface area contributed by atoms with Crippen LogP contribution in [-0.2, 0) is 19.6 Å². The molecular formula is C20H22N4O7S. The minimum atomic E-state index is -4.06. The molecule has 1 saturated heterocycles. The van der Waals surface area contributed by atoms with Crippen molar-refractivity contribution >= 4 is 33.2 Å². The fourth-order valence-electron chi connectivity index (χ4n) is 3.07. The molecule has 1 heterocycles. The maximum Gasteiger partial charge on any atom is 0.270 e. The second-order valence-electron chi connectivity index (χ2n) is 7.07. The van der Waals surface area contributed by atoms with Gasteiger partial charge in [-0.1, -0.05) is 6.07 Å². The Morgan fingerprint density at radius 1 is 1.12 bits per heavy atom. The first-order valence-corrected chi connectivity index (χ1v) is 11.2. The first kappa shape index (κ1) is 23.2. The summed E-state index contributed by atoms with van der Waals surface area (Å²) in [7, 11) is -4.06. The van der Waals surface area contributed by atoms with Crippen LogP contribution in [0.3, 0.4) is 0 Å². The number of carbonyl (C=O) groups is 2. The summed E-state index contributed by atoms with van der Waals surface area (Å²) < 4.78 is 32.5. The second kappa shape index (κ2) is 9.75. The van der Waals surface area contributed by atoms with E-state index in [4.69, 9.17) is 4.74 Å². The zero-order valence-corrected chi connectivity index (χ0v) is 18.0. The fourth-order valence-corrected chi connectivity index (χ4v) is 4.17. The van der Waals surface area contributed by atoms with Crippen LogP contribution in [0.15, 0.2) is 53.4 Å². The van der Waals surface area contributed by atoms with Crippen LogP contribution in [0.1, 0.15) is 17.3 Å². The van der Waals surface area contributed by atoms with Crippen LogP contribution in [0.2, 0.25) is 0 Å². The lowest BCUT2D eigenvalue weighted by molar-refractivity contribution is -0.385. The number of hydrogen-bond donors (Lipinski definition) is 2. The summed E-state index contributed by atoms with van der Waals surface area (Å²) in [5, 5.41) is 13.5. The number of non-ortho nitro benzene ring substituents is 1. The van der Waals surface area contributed by atoms with Crippen molar-refractivity contribution in [3.63, 3.8) is 0 Å². The molecule has 2 aromatic rings. The molecule has 1 aliphatic rings. The molecule has 12 heteroatoms. The van der Waals surface area contributed by atoms with Gasteiger partial charge in [-0.2, -0.15) is 0 Å². The number of nitrogens with zero attached hydrogens (tertiary/aromatic N) is 2. The van der Waals surface area contributed by atoms with E-state index in [0.717, 1.165) is 6.07 Å². The Labute approximate surface area is 184 Å². The molecule has 0 spiro atoms. The summed E-state index contributed by atoms with van der Waals surface area (Å²) in [5.74, 6) is -0.685. The lowest BCUT2D eigenvalue weighted by atomic mass is 10.1. The van der Waals surface area contributed by atoms with Crippen molar-refractivity contribution in [2.45, 2.75) is 17.9 Å². The SMILES string of the molecule is CC(NC(=O)c1ccc(NS(=O)(=O)c2cccc([N+](=O)[O-])c2)cc1)C(=O)N1CCOCC1. The Morgan fingerprint density at radius 2 is 1.78 bits per heavy atom.